The minimum atomic E-state index is -0.815. The zero-order valence-electron chi connectivity index (χ0n) is 23.0. The summed E-state index contributed by atoms with van der Waals surface area (Å²) in [6.07, 6.45) is 6.06. The Hall–Kier alpha value is -3.29. The molecular weight excluding hydrogens is 474 g/mol. The third-order valence-electron chi connectivity index (χ3n) is 6.38. The smallest absolute Gasteiger partial charge is 0.251 e. The van der Waals surface area contributed by atoms with Gasteiger partial charge in [0.15, 0.2) is 0 Å². The van der Waals surface area contributed by atoms with E-state index in [9.17, 15) is 9.59 Å². The molecule has 0 unspecified atom stereocenters. The van der Waals surface area contributed by atoms with Crippen molar-refractivity contribution in [2.75, 3.05) is 7.05 Å². The van der Waals surface area contributed by atoms with E-state index in [0.29, 0.717) is 18.0 Å². The summed E-state index contributed by atoms with van der Waals surface area (Å²) in [6, 6.07) is 6.10. The van der Waals surface area contributed by atoms with Crippen LogP contribution >= 0.6 is 0 Å². The van der Waals surface area contributed by atoms with Crippen molar-refractivity contribution in [1.29, 1.82) is 0 Å². The molecule has 4 rings (SSSR count). The van der Waals surface area contributed by atoms with Crippen LogP contribution in [0.3, 0.4) is 0 Å². The fourth-order valence-corrected chi connectivity index (χ4v) is 4.74. The van der Waals surface area contributed by atoms with Crippen LogP contribution in [0.5, 0.6) is 0 Å². The topological polar surface area (TPSA) is 75.5 Å². The van der Waals surface area contributed by atoms with Crippen molar-refractivity contribution in [2.24, 2.45) is 5.92 Å². The van der Waals surface area contributed by atoms with Crippen molar-refractivity contribution < 1.29 is 18.4 Å². The number of carbonyl (C=O) groups excluding carboxylic acids is 2. The van der Waals surface area contributed by atoms with E-state index in [1.54, 1.807) is 0 Å². The minimum Gasteiger partial charge on any atom is -0.355 e. The first-order valence-corrected chi connectivity index (χ1v) is 13.2. The van der Waals surface area contributed by atoms with Crippen molar-refractivity contribution in [3.8, 4) is 11.3 Å². The molecule has 0 radical (unpaired) electrons. The quantitative estimate of drug-likeness (QED) is 0.423. The van der Waals surface area contributed by atoms with Crippen molar-refractivity contribution in [3.05, 3.63) is 58.9 Å². The molecule has 3 aromatic rings. The van der Waals surface area contributed by atoms with E-state index in [0.717, 1.165) is 49.1 Å². The number of carbonyl (C=O) groups is 2. The van der Waals surface area contributed by atoms with E-state index in [1.807, 2.05) is 57.3 Å². The number of hydrogen-bond donors (Lipinski definition) is 2. The molecule has 1 aliphatic rings. The van der Waals surface area contributed by atoms with Gasteiger partial charge in [0.1, 0.15) is 17.3 Å². The van der Waals surface area contributed by atoms with Gasteiger partial charge in [0.25, 0.3) is 5.91 Å². The Balaban J connectivity index is 0.00000115. The largest absolute Gasteiger partial charge is 0.355 e. The number of fused-ring (bicyclic) bond motifs is 1. The maximum atomic E-state index is 15.1. The fraction of sp³-hybridized carbons (Fsp3) is 0.483. The Morgan fingerprint density at radius 2 is 1.62 bits per heavy atom. The number of halogens is 2. The summed E-state index contributed by atoms with van der Waals surface area (Å²) in [5.74, 6) is -1.90. The van der Waals surface area contributed by atoms with Gasteiger partial charge in [-0.25, -0.2) is 13.8 Å². The van der Waals surface area contributed by atoms with Gasteiger partial charge in [-0.05, 0) is 74.8 Å². The maximum Gasteiger partial charge on any atom is 0.251 e. The second kappa shape index (κ2) is 13.9. The van der Waals surface area contributed by atoms with Crippen LogP contribution < -0.4 is 10.6 Å². The van der Waals surface area contributed by atoms with Crippen LogP contribution in [0.15, 0.2) is 30.5 Å². The summed E-state index contributed by atoms with van der Waals surface area (Å²) in [5.41, 5.74) is 2.35. The summed E-state index contributed by atoms with van der Waals surface area (Å²) in [6.45, 7) is 11.5. The number of hydrogen-bond acceptors (Lipinski definition) is 3. The van der Waals surface area contributed by atoms with E-state index >= 15 is 8.78 Å². The predicted octanol–water partition coefficient (Wildman–Crippen LogP) is 6.24. The van der Waals surface area contributed by atoms with Gasteiger partial charge in [0.05, 0.1) is 17.0 Å². The van der Waals surface area contributed by atoms with E-state index in [2.05, 4.69) is 15.6 Å². The highest BCUT2D eigenvalue weighted by molar-refractivity contribution is 5.94. The van der Waals surface area contributed by atoms with Crippen LogP contribution in [0, 0.1) is 24.5 Å². The maximum absolute atomic E-state index is 15.1. The lowest BCUT2D eigenvalue weighted by Crippen LogP contribution is -2.36. The van der Waals surface area contributed by atoms with Gasteiger partial charge in [-0.15, -0.1) is 0 Å². The first-order chi connectivity index (χ1) is 17.8. The highest BCUT2D eigenvalue weighted by Gasteiger charge is 2.27. The van der Waals surface area contributed by atoms with Crippen LogP contribution in [-0.4, -0.2) is 34.3 Å². The third-order valence-corrected chi connectivity index (χ3v) is 6.38. The summed E-state index contributed by atoms with van der Waals surface area (Å²) < 4.78 is 32.1. The Kier molecular flexibility index (Phi) is 11.2. The fourth-order valence-electron chi connectivity index (χ4n) is 4.74. The van der Waals surface area contributed by atoms with Crippen LogP contribution in [0.1, 0.15) is 81.9 Å². The minimum absolute atomic E-state index is 0.0240. The lowest BCUT2D eigenvalue weighted by molar-refractivity contribution is -0.119. The average Bonchev–Trinajstić information content (AvgIpc) is 3.22. The molecule has 0 saturated heterocycles. The highest BCUT2D eigenvalue weighted by atomic mass is 19.1. The first kappa shape index (κ1) is 29.9. The molecule has 8 heteroatoms. The van der Waals surface area contributed by atoms with Gasteiger partial charge in [0.2, 0.25) is 5.91 Å². The first-order valence-electron chi connectivity index (χ1n) is 13.2. The molecule has 2 N–H and O–H groups in total. The monoisotopic (exact) mass is 514 g/mol. The standard InChI is InChI=1S/C25H28F2N4O2.2C2H6/c1-14-8-9-31-21(11-16-4-6-18(7-5-16)29-15(2)32)24(30-22(31)10-14)23-19(26)12-17(13-20(23)27)25(33)28-3;2*1-2/h8-10,12-13,16,18H,4-7,11H2,1-3H3,(H,28,33)(H,29,32);2*1-2H3. The Morgan fingerprint density at radius 1 is 1.03 bits per heavy atom. The molecular formula is C29H40F2N4O2. The Labute approximate surface area is 218 Å². The van der Waals surface area contributed by atoms with Gasteiger partial charge in [0, 0.05) is 31.8 Å². The molecule has 6 nitrogen and oxygen atoms in total. The number of amides is 2. The number of rotatable bonds is 5. The zero-order valence-corrected chi connectivity index (χ0v) is 23.0. The molecule has 2 heterocycles. The second-order valence-electron chi connectivity index (χ2n) is 8.86. The van der Waals surface area contributed by atoms with Crippen LogP contribution in [0.2, 0.25) is 0 Å². The lowest BCUT2D eigenvalue weighted by atomic mass is 9.82. The zero-order chi connectivity index (χ0) is 27.7. The number of aromatic nitrogens is 2. The summed E-state index contributed by atoms with van der Waals surface area (Å²) in [4.78, 5) is 27.8. The predicted molar refractivity (Wildman–Crippen MR) is 145 cm³/mol. The molecule has 1 aliphatic carbocycles. The molecule has 2 aromatic heterocycles. The Morgan fingerprint density at radius 3 is 2.16 bits per heavy atom. The number of aryl methyl sites for hydroxylation is 1. The normalized spacial score (nSPS) is 16.7. The average molecular weight is 515 g/mol. The molecule has 1 aromatic carbocycles. The number of pyridine rings is 1. The second-order valence-corrected chi connectivity index (χ2v) is 8.86. The number of benzene rings is 1. The molecule has 0 aliphatic heterocycles. The van der Waals surface area contributed by atoms with E-state index < -0.39 is 17.5 Å². The molecule has 0 atom stereocenters. The van der Waals surface area contributed by atoms with Gasteiger partial charge < -0.3 is 15.0 Å². The van der Waals surface area contributed by atoms with Crippen molar-refractivity contribution >= 4 is 17.5 Å². The lowest BCUT2D eigenvalue weighted by Gasteiger charge is -2.29. The SMILES string of the molecule is CC.CC.CNC(=O)c1cc(F)c(-c2nc3cc(C)ccn3c2CC2CCC(NC(C)=O)CC2)c(F)c1. The summed E-state index contributed by atoms with van der Waals surface area (Å²) >= 11 is 0. The van der Waals surface area contributed by atoms with Gasteiger partial charge in [-0.3, -0.25) is 9.59 Å². The van der Waals surface area contributed by atoms with E-state index in [4.69, 9.17) is 0 Å². The van der Waals surface area contributed by atoms with Crippen molar-refractivity contribution in [1.82, 2.24) is 20.0 Å². The van der Waals surface area contributed by atoms with Crippen molar-refractivity contribution in [2.45, 2.75) is 79.7 Å². The summed E-state index contributed by atoms with van der Waals surface area (Å²) in [7, 11) is 1.41. The van der Waals surface area contributed by atoms with Crippen LogP contribution in [-0.2, 0) is 11.2 Å². The number of nitrogens with zero attached hydrogens (tertiary/aromatic N) is 2. The Bertz CT molecular complexity index is 1190. The molecule has 37 heavy (non-hydrogen) atoms. The molecule has 1 fully saturated rings. The van der Waals surface area contributed by atoms with Gasteiger partial charge >= 0.3 is 0 Å². The highest BCUT2D eigenvalue weighted by Crippen LogP contribution is 2.35. The molecule has 202 valence electrons. The third kappa shape index (κ3) is 7.14. The van der Waals surface area contributed by atoms with Gasteiger partial charge in [-0.2, -0.15) is 0 Å². The van der Waals surface area contributed by atoms with Crippen molar-refractivity contribution in [3.63, 3.8) is 0 Å². The molecule has 0 spiro atoms. The summed E-state index contributed by atoms with van der Waals surface area (Å²) in [5, 5.41) is 5.37. The van der Waals surface area contributed by atoms with Gasteiger partial charge in [-0.1, -0.05) is 27.7 Å². The number of nitrogens with one attached hydrogen (secondary N) is 2. The molecule has 2 amide bonds. The van der Waals surface area contributed by atoms with E-state index in [1.165, 1.54) is 14.0 Å². The number of imidazole rings is 1. The van der Waals surface area contributed by atoms with Crippen LogP contribution in [0.25, 0.3) is 16.9 Å². The van der Waals surface area contributed by atoms with Crippen LogP contribution in [0.4, 0.5) is 8.78 Å². The molecule has 0 bridgehead atoms. The molecule has 1 saturated carbocycles. The van der Waals surface area contributed by atoms with E-state index in [-0.39, 0.29) is 28.8 Å².